The molecule has 3 aromatic rings. The van der Waals surface area contributed by atoms with E-state index in [9.17, 15) is 18.0 Å². The molecule has 1 aromatic carbocycles. The molecule has 8 nitrogen and oxygen atoms in total. The van der Waals surface area contributed by atoms with Crippen LogP contribution < -0.4 is 15.0 Å². The van der Waals surface area contributed by atoms with Crippen LogP contribution in [-0.4, -0.2) is 45.0 Å². The molecule has 0 saturated carbocycles. The number of carbonyl (C=O) groups excluding carboxylic acids is 1. The second kappa shape index (κ2) is 7.93. The van der Waals surface area contributed by atoms with E-state index in [0.29, 0.717) is 30.4 Å². The van der Waals surface area contributed by atoms with Gasteiger partial charge in [0.05, 0.1) is 13.1 Å². The molecule has 0 atom stereocenters. The molecule has 30 heavy (non-hydrogen) atoms. The Morgan fingerprint density at radius 3 is 2.47 bits per heavy atom. The van der Waals surface area contributed by atoms with Crippen molar-refractivity contribution in [2.45, 2.75) is 13.0 Å². The molecule has 1 amide bonds. The van der Waals surface area contributed by atoms with E-state index in [0.717, 1.165) is 12.1 Å². The summed E-state index contributed by atoms with van der Waals surface area (Å²) in [4.78, 5) is 30.6. The van der Waals surface area contributed by atoms with Gasteiger partial charge in [0.25, 0.3) is 5.91 Å². The highest BCUT2D eigenvalue weighted by Crippen LogP contribution is 2.26. The molecule has 1 aliphatic rings. The quantitative estimate of drug-likeness (QED) is 0.639. The van der Waals surface area contributed by atoms with Crippen molar-refractivity contribution in [3.05, 3.63) is 65.8 Å². The summed E-state index contributed by atoms with van der Waals surface area (Å²) in [6.07, 6.45) is 3.75. The van der Waals surface area contributed by atoms with Gasteiger partial charge in [0.1, 0.15) is 24.0 Å². The maximum Gasteiger partial charge on any atom is 0.279 e. The monoisotopic (exact) mass is 416 g/mol. The number of benzene rings is 1. The van der Waals surface area contributed by atoms with Crippen LogP contribution in [0.2, 0.25) is 0 Å². The minimum Gasteiger partial charge on any atom is -0.487 e. The van der Waals surface area contributed by atoms with Crippen LogP contribution in [-0.2, 0) is 0 Å². The van der Waals surface area contributed by atoms with E-state index >= 15 is 0 Å². The van der Waals surface area contributed by atoms with E-state index < -0.39 is 29.5 Å². The molecule has 0 radical (unpaired) electrons. The number of aromatic nitrogens is 4. The summed E-state index contributed by atoms with van der Waals surface area (Å²) in [5.41, 5.74) is 0.780. The van der Waals surface area contributed by atoms with E-state index in [-0.39, 0.29) is 11.4 Å². The average molecular weight is 416 g/mol. The predicted octanol–water partition coefficient (Wildman–Crippen LogP) is 2.51. The van der Waals surface area contributed by atoms with Crippen LogP contribution in [0.15, 0.2) is 36.9 Å². The van der Waals surface area contributed by atoms with Crippen molar-refractivity contribution in [1.82, 2.24) is 19.9 Å². The summed E-state index contributed by atoms with van der Waals surface area (Å²) < 4.78 is 45.2. The Bertz CT molecular complexity index is 1080. The Kier molecular flexibility index (Phi) is 5.17. The van der Waals surface area contributed by atoms with Crippen molar-refractivity contribution in [2.75, 3.05) is 23.3 Å². The number of rotatable bonds is 5. The molecule has 0 unspecified atom stereocenters. The normalized spacial score (nSPS) is 13.7. The van der Waals surface area contributed by atoms with Crippen molar-refractivity contribution in [3.8, 4) is 5.75 Å². The Balaban J connectivity index is 1.43. The van der Waals surface area contributed by atoms with Crippen LogP contribution >= 0.6 is 0 Å². The summed E-state index contributed by atoms with van der Waals surface area (Å²) >= 11 is 0. The van der Waals surface area contributed by atoms with Crippen LogP contribution in [0.1, 0.15) is 16.2 Å². The Hall–Kier alpha value is -3.76. The first-order chi connectivity index (χ1) is 14.4. The number of hydrogen-bond acceptors (Lipinski definition) is 7. The van der Waals surface area contributed by atoms with Crippen LogP contribution in [0.5, 0.6) is 5.75 Å². The van der Waals surface area contributed by atoms with Crippen molar-refractivity contribution in [2.24, 2.45) is 0 Å². The van der Waals surface area contributed by atoms with Gasteiger partial charge in [-0.2, -0.15) is 0 Å². The lowest BCUT2D eigenvalue weighted by Crippen LogP contribution is -2.54. The van der Waals surface area contributed by atoms with Crippen LogP contribution in [0.4, 0.5) is 24.8 Å². The van der Waals surface area contributed by atoms with Gasteiger partial charge in [0.2, 0.25) is 0 Å². The maximum absolute atomic E-state index is 13.3. The van der Waals surface area contributed by atoms with Gasteiger partial charge in [-0.3, -0.25) is 4.79 Å². The Labute approximate surface area is 168 Å². The average Bonchev–Trinajstić information content (AvgIpc) is 2.68. The first-order valence-electron chi connectivity index (χ1n) is 8.88. The van der Waals surface area contributed by atoms with Gasteiger partial charge in [0, 0.05) is 36.3 Å². The fourth-order valence-corrected chi connectivity index (χ4v) is 2.90. The van der Waals surface area contributed by atoms with E-state index in [1.807, 2.05) is 0 Å². The van der Waals surface area contributed by atoms with E-state index in [1.54, 1.807) is 17.9 Å². The standard InChI is InChI=1S/C19H15F3N6O2/c1-10-4-15(26-9-25-10)27-19(29)17-18(24-3-2-23-17)28-7-12(8-28)30-11-5-13(20)16(22)14(21)6-11/h2-6,9,12H,7-8H2,1H3,(H,25,26,27,29). The molecule has 3 heterocycles. The maximum atomic E-state index is 13.3. The second-order valence-electron chi connectivity index (χ2n) is 6.57. The summed E-state index contributed by atoms with van der Waals surface area (Å²) in [7, 11) is 0. The Morgan fingerprint density at radius 1 is 1.07 bits per heavy atom. The van der Waals surface area contributed by atoms with Crippen molar-refractivity contribution in [3.63, 3.8) is 0 Å². The van der Waals surface area contributed by atoms with Crippen LogP contribution in [0.25, 0.3) is 0 Å². The highest BCUT2D eigenvalue weighted by Gasteiger charge is 2.33. The zero-order chi connectivity index (χ0) is 21.3. The summed E-state index contributed by atoms with van der Waals surface area (Å²) in [5, 5.41) is 2.64. The van der Waals surface area contributed by atoms with Gasteiger partial charge in [0.15, 0.2) is 29.0 Å². The van der Waals surface area contributed by atoms with Gasteiger partial charge < -0.3 is 15.0 Å². The smallest absolute Gasteiger partial charge is 0.279 e. The summed E-state index contributed by atoms with van der Waals surface area (Å²) in [5.74, 6) is -4.16. The molecule has 0 bridgehead atoms. The molecule has 0 spiro atoms. The van der Waals surface area contributed by atoms with Crippen LogP contribution in [0, 0.1) is 24.4 Å². The molecule has 154 valence electrons. The van der Waals surface area contributed by atoms with Crippen molar-refractivity contribution >= 4 is 17.5 Å². The summed E-state index contributed by atoms with van der Waals surface area (Å²) in [6, 6.07) is 3.18. The fraction of sp³-hybridized carbons (Fsp3) is 0.211. The van der Waals surface area contributed by atoms with E-state index in [2.05, 4.69) is 25.3 Å². The summed E-state index contributed by atoms with van der Waals surface area (Å²) in [6.45, 7) is 2.36. The number of aryl methyl sites for hydroxylation is 1. The number of nitrogens with zero attached hydrogens (tertiary/aromatic N) is 5. The molecular formula is C19H15F3N6O2. The zero-order valence-electron chi connectivity index (χ0n) is 15.6. The highest BCUT2D eigenvalue weighted by atomic mass is 19.2. The fourth-order valence-electron chi connectivity index (χ4n) is 2.90. The topological polar surface area (TPSA) is 93.1 Å². The third-order valence-electron chi connectivity index (χ3n) is 4.35. The third-order valence-corrected chi connectivity index (χ3v) is 4.35. The van der Waals surface area contributed by atoms with E-state index in [1.165, 1.54) is 18.7 Å². The van der Waals surface area contributed by atoms with Crippen molar-refractivity contribution in [1.29, 1.82) is 0 Å². The minimum absolute atomic E-state index is 0.0890. The first-order valence-corrected chi connectivity index (χ1v) is 8.88. The SMILES string of the molecule is Cc1cc(NC(=O)c2nccnc2N2CC(Oc3cc(F)c(F)c(F)c3)C2)ncn1. The van der Waals surface area contributed by atoms with Gasteiger partial charge in [-0.25, -0.2) is 33.1 Å². The number of halogens is 3. The number of hydrogen-bond donors (Lipinski definition) is 1. The molecule has 4 rings (SSSR count). The van der Waals surface area contributed by atoms with Gasteiger partial charge in [-0.1, -0.05) is 0 Å². The first kappa shape index (κ1) is 19.6. The lowest BCUT2D eigenvalue weighted by atomic mass is 10.1. The largest absolute Gasteiger partial charge is 0.487 e. The molecule has 11 heteroatoms. The number of ether oxygens (including phenoxy) is 1. The van der Waals surface area contributed by atoms with Gasteiger partial charge in [-0.15, -0.1) is 0 Å². The number of carbonyl (C=O) groups is 1. The lowest BCUT2D eigenvalue weighted by molar-refractivity contribution is 0.102. The van der Waals surface area contributed by atoms with E-state index in [4.69, 9.17) is 4.74 Å². The molecule has 0 aliphatic carbocycles. The molecular weight excluding hydrogens is 401 g/mol. The second-order valence-corrected chi connectivity index (χ2v) is 6.57. The lowest BCUT2D eigenvalue weighted by Gasteiger charge is -2.40. The highest BCUT2D eigenvalue weighted by molar-refractivity contribution is 6.05. The zero-order valence-corrected chi connectivity index (χ0v) is 15.6. The Morgan fingerprint density at radius 2 is 1.77 bits per heavy atom. The number of amides is 1. The third kappa shape index (κ3) is 4.00. The molecule has 1 aliphatic heterocycles. The number of nitrogens with one attached hydrogen (secondary N) is 1. The predicted molar refractivity (Wildman–Crippen MR) is 99.7 cm³/mol. The molecule has 1 saturated heterocycles. The molecule has 1 fully saturated rings. The number of anilines is 2. The van der Waals surface area contributed by atoms with Gasteiger partial charge in [-0.05, 0) is 6.92 Å². The van der Waals surface area contributed by atoms with Crippen LogP contribution in [0.3, 0.4) is 0 Å². The van der Waals surface area contributed by atoms with Crippen molar-refractivity contribution < 1.29 is 22.7 Å². The molecule has 1 N–H and O–H groups in total. The minimum atomic E-state index is -1.55. The van der Waals surface area contributed by atoms with Gasteiger partial charge >= 0.3 is 0 Å². The molecule has 2 aromatic heterocycles.